The van der Waals surface area contributed by atoms with Crippen molar-refractivity contribution in [2.75, 3.05) is 39.5 Å². The van der Waals surface area contributed by atoms with Gasteiger partial charge in [0.05, 0.1) is 4.88 Å². The molecule has 1 aliphatic rings. The summed E-state index contributed by atoms with van der Waals surface area (Å²) >= 11 is 1.48. The highest BCUT2D eigenvalue weighted by atomic mass is 32.1. The van der Waals surface area contributed by atoms with Crippen LogP contribution in [-0.2, 0) is 0 Å². The van der Waals surface area contributed by atoms with Crippen molar-refractivity contribution >= 4 is 22.9 Å². The summed E-state index contributed by atoms with van der Waals surface area (Å²) in [6.45, 7) is 5.00. The lowest BCUT2D eigenvalue weighted by Gasteiger charge is -2.20. The maximum absolute atomic E-state index is 12.2. The van der Waals surface area contributed by atoms with Gasteiger partial charge in [-0.1, -0.05) is 0 Å². The number of nitrogens with two attached hydrogens (primary N) is 1. The van der Waals surface area contributed by atoms with E-state index in [1.807, 2.05) is 18.9 Å². The molecule has 100 valence electrons. The fourth-order valence-electron chi connectivity index (χ4n) is 2.44. The average Bonchev–Trinajstić information content (AvgIpc) is 2.85. The van der Waals surface area contributed by atoms with Gasteiger partial charge in [0, 0.05) is 30.7 Å². The van der Waals surface area contributed by atoms with Crippen molar-refractivity contribution in [1.29, 1.82) is 0 Å². The molecule has 1 unspecified atom stereocenters. The SMILES string of the molecule is Cc1sc(C(=O)N(C)CC2CCN(C)C2)cc1N. The summed E-state index contributed by atoms with van der Waals surface area (Å²) in [6.07, 6.45) is 1.18. The molecule has 1 amide bonds. The largest absolute Gasteiger partial charge is 0.398 e. The molecule has 0 bridgehead atoms. The molecular formula is C13H21N3OS. The summed E-state index contributed by atoms with van der Waals surface area (Å²) < 4.78 is 0. The normalized spacial score (nSPS) is 20.3. The predicted octanol–water partition coefficient (Wildman–Crippen LogP) is 1.66. The summed E-state index contributed by atoms with van der Waals surface area (Å²) in [5.74, 6) is 0.691. The van der Waals surface area contributed by atoms with Gasteiger partial charge in [-0.25, -0.2) is 0 Å². The molecule has 1 atom stereocenters. The zero-order valence-corrected chi connectivity index (χ0v) is 12.1. The molecule has 2 N–H and O–H groups in total. The first-order chi connectivity index (χ1) is 8.47. The van der Waals surface area contributed by atoms with Gasteiger partial charge in [-0.05, 0) is 38.9 Å². The number of carbonyl (C=O) groups is 1. The Kier molecular flexibility index (Phi) is 3.92. The standard InChI is InChI=1S/C13H21N3OS/c1-9-11(14)6-12(18-9)13(17)16(3)8-10-4-5-15(2)7-10/h6,10H,4-5,7-8,14H2,1-3H3. The number of likely N-dealkylation sites (tertiary alicyclic amines) is 1. The molecule has 2 heterocycles. The van der Waals surface area contributed by atoms with E-state index in [4.69, 9.17) is 5.73 Å². The molecule has 0 radical (unpaired) electrons. The Labute approximate surface area is 112 Å². The lowest BCUT2D eigenvalue weighted by Crippen LogP contribution is -2.32. The minimum atomic E-state index is 0.0920. The summed E-state index contributed by atoms with van der Waals surface area (Å²) in [5.41, 5.74) is 6.51. The lowest BCUT2D eigenvalue weighted by molar-refractivity contribution is 0.0779. The number of nitrogen functional groups attached to an aromatic ring is 1. The third-order valence-electron chi connectivity index (χ3n) is 3.53. The van der Waals surface area contributed by atoms with Crippen LogP contribution in [-0.4, -0.2) is 49.4 Å². The smallest absolute Gasteiger partial charge is 0.263 e. The molecule has 1 saturated heterocycles. The monoisotopic (exact) mass is 267 g/mol. The van der Waals surface area contributed by atoms with E-state index in [2.05, 4.69) is 11.9 Å². The fourth-order valence-corrected chi connectivity index (χ4v) is 3.37. The van der Waals surface area contributed by atoms with Crippen LogP contribution in [0, 0.1) is 12.8 Å². The number of anilines is 1. The minimum Gasteiger partial charge on any atom is -0.398 e. The molecule has 0 aliphatic carbocycles. The summed E-state index contributed by atoms with van der Waals surface area (Å²) in [5, 5.41) is 0. The van der Waals surface area contributed by atoms with Crippen LogP contribution < -0.4 is 5.73 Å². The van der Waals surface area contributed by atoms with Crippen LogP contribution in [0.1, 0.15) is 21.0 Å². The zero-order valence-electron chi connectivity index (χ0n) is 11.3. The van der Waals surface area contributed by atoms with Gasteiger partial charge in [-0.15, -0.1) is 11.3 Å². The highest BCUT2D eigenvalue weighted by Crippen LogP contribution is 2.25. The number of thiophene rings is 1. The number of hydrogen-bond acceptors (Lipinski definition) is 4. The molecule has 2 rings (SSSR count). The van der Waals surface area contributed by atoms with Crippen molar-refractivity contribution in [2.24, 2.45) is 5.92 Å². The van der Waals surface area contributed by atoms with Crippen molar-refractivity contribution in [3.63, 3.8) is 0 Å². The molecule has 0 aromatic carbocycles. The Bertz CT molecular complexity index is 424. The number of aryl methyl sites for hydroxylation is 1. The fraction of sp³-hybridized carbons (Fsp3) is 0.615. The first-order valence-corrected chi connectivity index (χ1v) is 7.09. The van der Waals surface area contributed by atoms with Gasteiger partial charge >= 0.3 is 0 Å². The van der Waals surface area contributed by atoms with Crippen molar-refractivity contribution in [2.45, 2.75) is 13.3 Å². The Morgan fingerprint density at radius 2 is 2.39 bits per heavy atom. The molecule has 1 fully saturated rings. The molecular weight excluding hydrogens is 246 g/mol. The molecule has 0 spiro atoms. The second-order valence-electron chi connectivity index (χ2n) is 5.22. The second kappa shape index (κ2) is 5.28. The van der Waals surface area contributed by atoms with Crippen molar-refractivity contribution < 1.29 is 4.79 Å². The minimum absolute atomic E-state index is 0.0920. The summed E-state index contributed by atoms with van der Waals surface area (Å²) in [6, 6.07) is 1.79. The van der Waals surface area contributed by atoms with Gasteiger partial charge in [0.1, 0.15) is 0 Å². The Morgan fingerprint density at radius 1 is 1.67 bits per heavy atom. The van der Waals surface area contributed by atoms with E-state index in [0.717, 1.165) is 35.1 Å². The lowest BCUT2D eigenvalue weighted by atomic mass is 10.1. The Balaban J connectivity index is 1.96. The van der Waals surface area contributed by atoms with Crippen LogP contribution in [0.25, 0.3) is 0 Å². The molecule has 1 aromatic rings. The van der Waals surface area contributed by atoms with Crippen LogP contribution >= 0.6 is 11.3 Å². The van der Waals surface area contributed by atoms with Crippen molar-refractivity contribution in [3.05, 3.63) is 15.8 Å². The molecule has 1 aromatic heterocycles. The molecule has 0 saturated carbocycles. The van der Waals surface area contributed by atoms with Crippen LogP contribution in [0.4, 0.5) is 5.69 Å². The molecule has 5 heteroatoms. The second-order valence-corrected chi connectivity index (χ2v) is 6.48. The summed E-state index contributed by atoms with van der Waals surface area (Å²) in [4.78, 5) is 18.2. The first-order valence-electron chi connectivity index (χ1n) is 6.27. The van der Waals surface area contributed by atoms with E-state index in [9.17, 15) is 4.79 Å². The van der Waals surface area contributed by atoms with E-state index >= 15 is 0 Å². The zero-order chi connectivity index (χ0) is 13.3. The van der Waals surface area contributed by atoms with E-state index in [0.29, 0.717) is 5.92 Å². The van der Waals surface area contributed by atoms with Crippen molar-refractivity contribution in [3.8, 4) is 0 Å². The van der Waals surface area contributed by atoms with Gasteiger partial charge in [0.25, 0.3) is 5.91 Å². The van der Waals surface area contributed by atoms with Gasteiger partial charge in [-0.3, -0.25) is 4.79 Å². The van der Waals surface area contributed by atoms with Gasteiger partial charge < -0.3 is 15.5 Å². The number of nitrogens with zero attached hydrogens (tertiary/aromatic N) is 2. The number of hydrogen-bond donors (Lipinski definition) is 1. The predicted molar refractivity (Wildman–Crippen MR) is 76.0 cm³/mol. The number of carbonyl (C=O) groups excluding carboxylic acids is 1. The summed E-state index contributed by atoms with van der Waals surface area (Å²) in [7, 11) is 4.01. The quantitative estimate of drug-likeness (QED) is 0.906. The third-order valence-corrected chi connectivity index (χ3v) is 4.59. The van der Waals surface area contributed by atoms with Crippen molar-refractivity contribution in [1.82, 2.24) is 9.80 Å². The maximum atomic E-state index is 12.2. The van der Waals surface area contributed by atoms with E-state index in [-0.39, 0.29) is 5.91 Å². The van der Waals surface area contributed by atoms with Gasteiger partial charge in [0.2, 0.25) is 0 Å². The molecule has 4 nitrogen and oxygen atoms in total. The van der Waals surface area contributed by atoms with E-state index in [1.165, 1.54) is 17.8 Å². The molecule has 18 heavy (non-hydrogen) atoms. The van der Waals surface area contributed by atoms with Crippen LogP contribution in [0.3, 0.4) is 0 Å². The van der Waals surface area contributed by atoms with Crippen LogP contribution in [0.5, 0.6) is 0 Å². The van der Waals surface area contributed by atoms with Gasteiger partial charge in [-0.2, -0.15) is 0 Å². The first kappa shape index (κ1) is 13.4. The average molecular weight is 267 g/mol. The number of amides is 1. The van der Waals surface area contributed by atoms with E-state index < -0.39 is 0 Å². The number of rotatable bonds is 3. The Hall–Kier alpha value is -1.07. The van der Waals surface area contributed by atoms with Gasteiger partial charge in [0.15, 0.2) is 0 Å². The maximum Gasteiger partial charge on any atom is 0.263 e. The van der Waals surface area contributed by atoms with Crippen LogP contribution in [0.15, 0.2) is 6.07 Å². The highest BCUT2D eigenvalue weighted by Gasteiger charge is 2.23. The topological polar surface area (TPSA) is 49.6 Å². The van der Waals surface area contributed by atoms with Crippen LogP contribution in [0.2, 0.25) is 0 Å². The molecule has 1 aliphatic heterocycles. The Morgan fingerprint density at radius 3 is 2.89 bits per heavy atom. The highest BCUT2D eigenvalue weighted by molar-refractivity contribution is 7.14. The third kappa shape index (κ3) is 2.84. The van der Waals surface area contributed by atoms with E-state index in [1.54, 1.807) is 6.07 Å².